The van der Waals surface area contributed by atoms with Crippen molar-refractivity contribution in [2.24, 2.45) is 23.5 Å². The van der Waals surface area contributed by atoms with Gasteiger partial charge in [0.05, 0.1) is 0 Å². The van der Waals surface area contributed by atoms with Crippen molar-refractivity contribution in [1.82, 2.24) is 10.3 Å². The minimum absolute atomic E-state index is 0.188. The van der Waals surface area contributed by atoms with Crippen LogP contribution in [0.1, 0.15) is 30.5 Å². The predicted octanol–water partition coefficient (Wildman–Crippen LogP) is 1.42. The first-order chi connectivity index (χ1) is 9.65. The normalized spacial score (nSPS) is 31.5. The Kier molecular flexibility index (Phi) is 3.74. The molecule has 0 saturated heterocycles. The zero-order chi connectivity index (χ0) is 14.1. The molecule has 2 aliphatic carbocycles. The molecule has 108 valence electrons. The Balaban J connectivity index is 1.45. The number of carbonyl (C=O) groups is 1. The highest BCUT2D eigenvalue weighted by molar-refractivity contribution is 5.79. The summed E-state index contributed by atoms with van der Waals surface area (Å²) in [6.45, 7) is 2.70. The standard InChI is InChI=1S/C16H23N3O/c1-10-11(3-2-5-18-10)4-6-19-16(20)13-7-12-9-15(17)14(12)8-13/h2-3,5,12-15H,4,6-9,17H2,1H3,(H,19,20)/t12-,13?,14-,15+/m1/s1. The molecule has 3 rings (SSSR count). The van der Waals surface area contributed by atoms with Crippen LogP contribution in [0.15, 0.2) is 18.3 Å². The van der Waals surface area contributed by atoms with E-state index >= 15 is 0 Å². The molecule has 0 spiro atoms. The van der Waals surface area contributed by atoms with Gasteiger partial charge >= 0.3 is 0 Å². The number of aromatic nitrogens is 1. The fraction of sp³-hybridized carbons (Fsp3) is 0.625. The van der Waals surface area contributed by atoms with E-state index in [-0.39, 0.29) is 11.8 Å². The van der Waals surface area contributed by atoms with E-state index in [1.54, 1.807) is 6.20 Å². The van der Waals surface area contributed by atoms with Gasteiger partial charge in [-0.05, 0) is 56.1 Å². The van der Waals surface area contributed by atoms with Crippen LogP contribution in [0.3, 0.4) is 0 Å². The maximum atomic E-state index is 12.2. The summed E-state index contributed by atoms with van der Waals surface area (Å²) in [6, 6.07) is 4.36. The summed E-state index contributed by atoms with van der Waals surface area (Å²) in [4.78, 5) is 16.4. The maximum absolute atomic E-state index is 12.2. The number of nitrogens with one attached hydrogen (secondary N) is 1. The Morgan fingerprint density at radius 1 is 1.45 bits per heavy atom. The average molecular weight is 273 g/mol. The van der Waals surface area contributed by atoms with Crippen LogP contribution in [0.2, 0.25) is 0 Å². The lowest BCUT2D eigenvalue weighted by atomic mass is 9.72. The van der Waals surface area contributed by atoms with Crippen LogP contribution < -0.4 is 11.1 Å². The van der Waals surface area contributed by atoms with Crippen molar-refractivity contribution in [1.29, 1.82) is 0 Å². The quantitative estimate of drug-likeness (QED) is 0.872. The Morgan fingerprint density at radius 2 is 2.30 bits per heavy atom. The first-order valence-corrected chi connectivity index (χ1v) is 7.59. The van der Waals surface area contributed by atoms with Crippen LogP contribution in [0.25, 0.3) is 0 Å². The molecule has 1 aromatic heterocycles. The molecule has 0 bridgehead atoms. The Bertz CT molecular complexity index is 502. The average Bonchev–Trinajstić information content (AvgIpc) is 2.78. The SMILES string of the molecule is Cc1ncccc1CCNC(=O)C1C[C@@H]2C[C@H](N)[C@@H]2C1. The number of nitrogens with two attached hydrogens (primary N) is 1. The molecular weight excluding hydrogens is 250 g/mol. The van der Waals surface area contributed by atoms with Gasteiger partial charge in [0.1, 0.15) is 0 Å². The number of hydrogen-bond donors (Lipinski definition) is 2. The lowest BCUT2D eigenvalue weighted by Crippen LogP contribution is -2.44. The summed E-state index contributed by atoms with van der Waals surface area (Å²) in [5.41, 5.74) is 8.24. The first-order valence-electron chi connectivity index (χ1n) is 7.59. The summed E-state index contributed by atoms with van der Waals surface area (Å²) < 4.78 is 0. The Hall–Kier alpha value is -1.42. The number of nitrogens with zero attached hydrogens (tertiary/aromatic N) is 1. The number of rotatable bonds is 4. The Morgan fingerprint density at radius 3 is 3.00 bits per heavy atom. The van der Waals surface area contributed by atoms with Gasteiger partial charge in [0.2, 0.25) is 5.91 Å². The minimum atomic E-state index is 0.188. The van der Waals surface area contributed by atoms with Gasteiger partial charge < -0.3 is 11.1 Å². The fourth-order valence-corrected chi connectivity index (χ4v) is 3.74. The van der Waals surface area contributed by atoms with E-state index in [4.69, 9.17) is 5.73 Å². The van der Waals surface area contributed by atoms with E-state index < -0.39 is 0 Å². The van der Waals surface area contributed by atoms with Gasteiger partial charge in [0.15, 0.2) is 0 Å². The minimum Gasteiger partial charge on any atom is -0.356 e. The summed E-state index contributed by atoms with van der Waals surface area (Å²) in [5.74, 6) is 1.72. The van der Waals surface area contributed by atoms with Gasteiger partial charge in [-0.25, -0.2) is 0 Å². The molecule has 2 fully saturated rings. The monoisotopic (exact) mass is 273 g/mol. The van der Waals surface area contributed by atoms with Gasteiger partial charge in [-0.3, -0.25) is 9.78 Å². The third-order valence-corrected chi connectivity index (χ3v) is 5.06. The third kappa shape index (κ3) is 2.57. The topological polar surface area (TPSA) is 68.0 Å². The van der Waals surface area contributed by atoms with Crippen LogP contribution >= 0.6 is 0 Å². The smallest absolute Gasteiger partial charge is 0.223 e. The van der Waals surface area contributed by atoms with E-state index in [2.05, 4.69) is 16.4 Å². The molecule has 1 heterocycles. The molecule has 4 atom stereocenters. The van der Waals surface area contributed by atoms with Crippen LogP contribution in [0, 0.1) is 24.7 Å². The molecule has 1 aromatic rings. The van der Waals surface area contributed by atoms with Crippen molar-refractivity contribution in [2.45, 2.75) is 38.6 Å². The molecule has 2 saturated carbocycles. The highest BCUT2D eigenvalue weighted by Gasteiger charge is 2.47. The van der Waals surface area contributed by atoms with Gasteiger partial charge in [0.25, 0.3) is 0 Å². The van der Waals surface area contributed by atoms with Crippen LogP contribution in [-0.4, -0.2) is 23.5 Å². The van der Waals surface area contributed by atoms with Gasteiger partial charge in [0, 0.05) is 30.4 Å². The lowest BCUT2D eigenvalue weighted by molar-refractivity contribution is -0.124. The number of aryl methyl sites for hydroxylation is 1. The van der Waals surface area contributed by atoms with Crippen molar-refractivity contribution in [3.63, 3.8) is 0 Å². The van der Waals surface area contributed by atoms with Gasteiger partial charge in [-0.1, -0.05) is 6.07 Å². The Labute approximate surface area is 120 Å². The molecule has 3 N–H and O–H groups in total. The van der Waals surface area contributed by atoms with E-state index in [1.807, 2.05) is 13.0 Å². The van der Waals surface area contributed by atoms with Crippen LogP contribution in [0.5, 0.6) is 0 Å². The molecule has 0 aromatic carbocycles. The van der Waals surface area contributed by atoms with E-state index in [0.29, 0.717) is 24.4 Å². The molecule has 0 radical (unpaired) electrons. The van der Waals surface area contributed by atoms with E-state index in [0.717, 1.165) is 31.4 Å². The number of hydrogen-bond acceptors (Lipinski definition) is 3. The highest BCUT2D eigenvalue weighted by Crippen LogP contribution is 2.48. The van der Waals surface area contributed by atoms with Crippen molar-refractivity contribution in [3.8, 4) is 0 Å². The summed E-state index contributed by atoms with van der Waals surface area (Å²) in [7, 11) is 0. The van der Waals surface area contributed by atoms with Gasteiger partial charge in [-0.2, -0.15) is 0 Å². The number of carbonyl (C=O) groups excluding carboxylic acids is 1. The third-order valence-electron chi connectivity index (χ3n) is 5.06. The van der Waals surface area contributed by atoms with Crippen LogP contribution in [0.4, 0.5) is 0 Å². The maximum Gasteiger partial charge on any atom is 0.223 e. The number of amides is 1. The molecule has 0 aliphatic heterocycles. The molecule has 2 aliphatic rings. The second-order valence-electron chi connectivity index (χ2n) is 6.28. The van der Waals surface area contributed by atoms with Crippen molar-refractivity contribution in [3.05, 3.63) is 29.6 Å². The molecule has 4 heteroatoms. The van der Waals surface area contributed by atoms with Crippen LogP contribution in [-0.2, 0) is 11.2 Å². The first kappa shape index (κ1) is 13.6. The summed E-state index contributed by atoms with van der Waals surface area (Å²) in [5, 5.41) is 3.08. The van der Waals surface area contributed by atoms with E-state index in [9.17, 15) is 4.79 Å². The van der Waals surface area contributed by atoms with E-state index in [1.165, 1.54) is 5.56 Å². The highest BCUT2D eigenvalue weighted by atomic mass is 16.1. The molecule has 4 nitrogen and oxygen atoms in total. The number of fused-ring (bicyclic) bond motifs is 1. The molecule has 1 unspecified atom stereocenters. The number of pyridine rings is 1. The molecule has 1 amide bonds. The van der Waals surface area contributed by atoms with Crippen molar-refractivity contribution >= 4 is 5.91 Å². The zero-order valence-corrected chi connectivity index (χ0v) is 12.0. The molecular formula is C16H23N3O. The largest absolute Gasteiger partial charge is 0.356 e. The van der Waals surface area contributed by atoms with Crippen molar-refractivity contribution in [2.75, 3.05) is 6.54 Å². The fourth-order valence-electron chi connectivity index (χ4n) is 3.74. The second kappa shape index (κ2) is 5.52. The second-order valence-corrected chi connectivity index (χ2v) is 6.28. The van der Waals surface area contributed by atoms with Gasteiger partial charge in [-0.15, -0.1) is 0 Å². The predicted molar refractivity (Wildman–Crippen MR) is 78.0 cm³/mol. The summed E-state index contributed by atoms with van der Waals surface area (Å²) in [6.07, 6.45) is 5.79. The van der Waals surface area contributed by atoms with Crippen molar-refractivity contribution < 1.29 is 4.79 Å². The molecule has 20 heavy (non-hydrogen) atoms. The zero-order valence-electron chi connectivity index (χ0n) is 12.0. The lowest BCUT2D eigenvalue weighted by Gasteiger charge is -2.37. The summed E-state index contributed by atoms with van der Waals surface area (Å²) >= 11 is 0.